The Morgan fingerprint density at radius 3 is 2.75 bits per heavy atom. The zero-order valence-corrected chi connectivity index (χ0v) is 15.0. The fourth-order valence-electron chi connectivity index (χ4n) is 3.25. The number of fused-ring (bicyclic) bond motifs is 1. The Labute approximate surface area is 146 Å². The van der Waals surface area contributed by atoms with Gasteiger partial charge in [0.05, 0.1) is 5.69 Å². The summed E-state index contributed by atoms with van der Waals surface area (Å²) in [5.74, 6) is 0.584. The van der Waals surface area contributed by atoms with Crippen molar-refractivity contribution in [3.8, 4) is 0 Å². The third-order valence-corrected chi connectivity index (χ3v) is 5.53. The van der Waals surface area contributed by atoms with E-state index < -0.39 is 6.04 Å². The van der Waals surface area contributed by atoms with Crippen molar-refractivity contribution in [3.05, 3.63) is 41.5 Å². The van der Waals surface area contributed by atoms with Crippen molar-refractivity contribution >= 4 is 39.2 Å². The van der Waals surface area contributed by atoms with Crippen LogP contribution in [0.4, 0.5) is 5.69 Å². The van der Waals surface area contributed by atoms with E-state index in [1.54, 1.807) is 4.90 Å². The summed E-state index contributed by atoms with van der Waals surface area (Å²) < 4.78 is 5.07. The number of thioether (sulfide) groups is 1. The van der Waals surface area contributed by atoms with E-state index in [0.717, 1.165) is 33.3 Å². The summed E-state index contributed by atoms with van der Waals surface area (Å²) in [6.07, 6.45) is 0.681. The van der Waals surface area contributed by atoms with Gasteiger partial charge in [0.1, 0.15) is 12.6 Å². The van der Waals surface area contributed by atoms with Gasteiger partial charge < -0.3 is 4.74 Å². The van der Waals surface area contributed by atoms with Gasteiger partial charge in [0.15, 0.2) is 0 Å². The van der Waals surface area contributed by atoms with Crippen molar-refractivity contribution in [1.29, 1.82) is 0 Å². The average molecular weight is 343 g/mol. The van der Waals surface area contributed by atoms with Gasteiger partial charge in [-0.3, -0.25) is 14.5 Å². The molecule has 0 spiro atoms. The number of hydrogen-bond acceptors (Lipinski definition) is 4. The number of amides is 1. The Bertz CT molecular complexity index is 803. The molecule has 0 saturated carbocycles. The highest BCUT2D eigenvalue weighted by molar-refractivity contribution is 8.14. The number of anilines is 1. The van der Waals surface area contributed by atoms with E-state index >= 15 is 0 Å². The molecule has 1 aliphatic heterocycles. The fraction of sp³-hybridized carbons (Fsp3) is 0.368. The van der Waals surface area contributed by atoms with Gasteiger partial charge in [-0.05, 0) is 36.8 Å². The zero-order chi connectivity index (χ0) is 17.3. The summed E-state index contributed by atoms with van der Waals surface area (Å²) in [6, 6.07) is 9.70. The van der Waals surface area contributed by atoms with Crippen LogP contribution in [0.1, 0.15) is 17.5 Å². The lowest BCUT2D eigenvalue weighted by molar-refractivity contribution is -0.124. The molecule has 0 aliphatic carbocycles. The van der Waals surface area contributed by atoms with Gasteiger partial charge >= 0.3 is 0 Å². The predicted molar refractivity (Wildman–Crippen MR) is 98.7 cm³/mol. The van der Waals surface area contributed by atoms with Crippen LogP contribution < -0.4 is 4.90 Å². The highest BCUT2D eigenvalue weighted by atomic mass is 32.2. The molecule has 24 heavy (non-hydrogen) atoms. The van der Waals surface area contributed by atoms with Crippen molar-refractivity contribution in [1.82, 2.24) is 0 Å². The summed E-state index contributed by atoms with van der Waals surface area (Å²) in [5, 5.41) is 2.13. The molecule has 0 aromatic heterocycles. The normalized spacial score (nSPS) is 17.5. The number of aryl methyl sites for hydroxylation is 1. The highest BCUT2D eigenvalue weighted by Gasteiger charge is 2.36. The van der Waals surface area contributed by atoms with Crippen LogP contribution >= 0.6 is 11.8 Å². The van der Waals surface area contributed by atoms with Gasteiger partial charge in [-0.1, -0.05) is 42.1 Å². The number of ether oxygens (including phenoxy) is 1. The molecule has 0 N–H and O–H groups in total. The standard InChI is InChI=1S/C19H21NO3S/c1-12-10-14-6-4-5-7-15(14)18(13(12)2)20(17(21)11-23-3)16-8-9-24-19(16)22/h4-7,10,16H,8-9,11H2,1-3H3. The van der Waals surface area contributed by atoms with Crippen LogP contribution in [0, 0.1) is 13.8 Å². The van der Waals surface area contributed by atoms with E-state index in [4.69, 9.17) is 4.74 Å². The molecule has 1 aliphatic rings. The smallest absolute Gasteiger partial charge is 0.253 e. The van der Waals surface area contributed by atoms with Crippen molar-refractivity contribution in [2.24, 2.45) is 0 Å². The molecule has 2 aromatic rings. The Kier molecular flexibility index (Phi) is 4.92. The van der Waals surface area contributed by atoms with Gasteiger partial charge in [0.25, 0.3) is 5.91 Å². The van der Waals surface area contributed by atoms with E-state index in [9.17, 15) is 9.59 Å². The second-order valence-corrected chi connectivity index (χ2v) is 7.16. The largest absolute Gasteiger partial charge is 0.375 e. The van der Waals surface area contributed by atoms with Crippen molar-refractivity contribution < 1.29 is 14.3 Å². The molecule has 126 valence electrons. The lowest BCUT2D eigenvalue weighted by atomic mass is 9.97. The number of nitrogens with zero attached hydrogens (tertiary/aromatic N) is 1. The minimum atomic E-state index is -0.415. The van der Waals surface area contributed by atoms with Crippen molar-refractivity contribution in [3.63, 3.8) is 0 Å². The first-order chi connectivity index (χ1) is 11.5. The second-order valence-electron chi connectivity index (χ2n) is 6.06. The Morgan fingerprint density at radius 1 is 1.33 bits per heavy atom. The molecule has 1 fully saturated rings. The van der Waals surface area contributed by atoms with E-state index in [-0.39, 0.29) is 17.6 Å². The van der Waals surface area contributed by atoms with Crippen LogP contribution in [-0.2, 0) is 14.3 Å². The molecule has 1 atom stereocenters. The zero-order valence-electron chi connectivity index (χ0n) is 14.2. The first-order valence-corrected chi connectivity index (χ1v) is 8.99. The Balaban J connectivity index is 2.24. The molecule has 1 saturated heterocycles. The van der Waals surface area contributed by atoms with E-state index in [2.05, 4.69) is 6.07 Å². The molecule has 2 aromatic carbocycles. The summed E-state index contributed by atoms with van der Waals surface area (Å²) in [5.41, 5.74) is 2.98. The van der Waals surface area contributed by atoms with Gasteiger partial charge in [-0.25, -0.2) is 0 Å². The molecule has 0 radical (unpaired) electrons. The molecule has 1 amide bonds. The molecule has 0 bridgehead atoms. The number of hydrogen-bond donors (Lipinski definition) is 0. The maximum atomic E-state index is 12.8. The van der Waals surface area contributed by atoms with Gasteiger partial charge in [-0.2, -0.15) is 0 Å². The molecule has 1 unspecified atom stereocenters. The number of benzene rings is 2. The number of carbonyl (C=O) groups is 2. The minimum Gasteiger partial charge on any atom is -0.375 e. The maximum absolute atomic E-state index is 12.8. The lowest BCUT2D eigenvalue weighted by Crippen LogP contribution is -2.45. The van der Waals surface area contributed by atoms with E-state index in [0.29, 0.717) is 6.42 Å². The van der Waals surface area contributed by atoms with Gasteiger partial charge in [0, 0.05) is 18.2 Å². The quantitative estimate of drug-likeness (QED) is 0.853. The predicted octanol–water partition coefficient (Wildman–Crippen LogP) is 3.47. The van der Waals surface area contributed by atoms with Crippen molar-refractivity contribution in [2.75, 3.05) is 24.4 Å². The van der Waals surface area contributed by atoms with E-state index in [1.165, 1.54) is 18.9 Å². The van der Waals surface area contributed by atoms with Crippen LogP contribution in [-0.4, -0.2) is 36.5 Å². The Hall–Kier alpha value is -1.85. The topological polar surface area (TPSA) is 46.6 Å². The van der Waals surface area contributed by atoms with Gasteiger partial charge in [0.2, 0.25) is 5.12 Å². The van der Waals surface area contributed by atoms with Crippen LogP contribution in [0.25, 0.3) is 10.8 Å². The van der Waals surface area contributed by atoms with E-state index in [1.807, 2.05) is 38.1 Å². The molecular formula is C19H21NO3S. The number of carbonyl (C=O) groups excluding carboxylic acids is 2. The highest BCUT2D eigenvalue weighted by Crippen LogP contribution is 2.37. The summed E-state index contributed by atoms with van der Waals surface area (Å²) >= 11 is 1.31. The molecule has 1 heterocycles. The van der Waals surface area contributed by atoms with Gasteiger partial charge in [-0.15, -0.1) is 0 Å². The second kappa shape index (κ2) is 6.95. The third-order valence-electron chi connectivity index (χ3n) is 4.53. The van der Waals surface area contributed by atoms with Crippen LogP contribution in [0.3, 0.4) is 0 Å². The SMILES string of the molecule is COCC(=O)N(c1c(C)c(C)cc2ccccc12)C1CCSC1=O. The first-order valence-electron chi connectivity index (χ1n) is 8.01. The van der Waals surface area contributed by atoms with Crippen molar-refractivity contribution in [2.45, 2.75) is 26.3 Å². The summed E-state index contributed by atoms with van der Waals surface area (Å²) in [4.78, 5) is 26.9. The van der Waals surface area contributed by atoms with Crippen LogP contribution in [0.15, 0.2) is 30.3 Å². The maximum Gasteiger partial charge on any atom is 0.253 e. The summed E-state index contributed by atoms with van der Waals surface area (Å²) in [6.45, 7) is 4.02. The van der Waals surface area contributed by atoms with Crippen LogP contribution in [0.5, 0.6) is 0 Å². The average Bonchev–Trinajstić information content (AvgIpc) is 2.97. The first kappa shape index (κ1) is 17.0. The monoisotopic (exact) mass is 343 g/mol. The lowest BCUT2D eigenvalue weighted by Gasteiger charge is -2.30. The molecule has 4 nitrogen and oxygen atoms in total. The van der Waals surface area contributed by atoms with Crippen LogP contribution in [0.2, 0.25) is 0 Å². The third kappa shape index (κ3) is 2.94. The Morgan fingerprint density at radius 2 is 2.08 bits per heavy atom. The molecule has 5 heteroatoms. The minimum absolute atomic E-state index is 0.0316. The number of methoxy groups -OCH3 is 1. The number of rotatable bonds is 4. The fourth-order valence-corrected chi connectivity index (χ4v) is 4.20. The molecule has 3 rings (SSSR count). The molecular weight excluding hydrogens is 322 g/mol. The summed E-state index contributed by atoms with van der Waals surface area (Å²) in [7, 11) is 1.50.